The predicted octanol–water partition coefficient (Wildman–Crippen LogP) is 3.73. The van der Waals surface area contributed by atoms with Crippen LogP contribution in [0.3, 0.4) is 0 Å². The van der Waals surface area contributed by atoms with E-state index in [-0.39, 0.29) is 0 Å². The quantitative estimate of drug-likeness (QED) is 0.695. The number of aromatic nitrogens is 1. The molecule has 6 nitrogen and oxygen atoms in total. The second-order valence-electron chi connectivity index (χ2n) is 7.09. The molecule has 29 heavy (non-hydrogen) atoms. The van der Waals surface area contributed by atoms with Crippen molar-refractivity contribution in [3.8, 4) is 23.3 Å². The van der Waals surface area contributed by atoms with Gasteiger partial charge < -0.3 is 15.4 Å². The van der Waals surface area contributed by atoms with Crippen LogP contribution in [0.15, 0.2) is 67.0 Å². The summed E-state index contributed by atoms with van der Waals surface area (Å²) in [6.07, 6.45) is 11.4. The molecule has 2 aliphatic rings. The van der Waals surface area contributed by atoms with E-state index in [4.69, 9.17) is 4.74 Å². The Morgan fingerprint density at radius 1 is 1.24 bits per heavy atom. The molecule has 148 valence electrons. The number of hydrogen-bond acceptors (Lipinski definition) is 6. The van der Waals surface area contributed by atoms with Crippen LogP contribution in [-0.4, -0.2) is 23.1 Å². The summed E-state index contributed by atoms with van der Waals surface area (Å²) in [6.45, 7) is 4.13. The van der Waals surface area contributed by atoms with Crippen molar-refractivity contribution in [2.24, 2.45) is 5.92 Å². The number of anilines is 1. The molecular weight excluding hydrogens is 362 g/mol. The highest BCUT2D eigenvalue weighted by Crippen LogP contribution is 2.27. The Kier molecular flexibility index (Phi) is 5.98. The zero-order valence-electron chi connectivity index (χ0n) is 16.5. The number of allylic oxidation sites excluding steroid dienone is 1. The maximum Gasteiger partial charge on any atom is 0.145 e. The Hall–Kier alpha value is -3.43. The van der Waals surface area contributed by atoms with E-state index >= 15 is 0 Å². The molecular formula is C23H25N5O. The van der Waals surface area contributed by atoms with Gasteiger partial charge in [0.1, 0.15) is 17.2 Å². The molecule has 1 aromatic carbocycles. The van der Waals surface area contributed by atoms with Crippen molar-refractivity contribution in [2.45, 2.75) is 19.8 Å². The number of aryl methyl sites for hydroxylation is 1. The van der Waals surface area contributed by atoms with E-state index in [0.717, 1.165) is 54.4 Å². The molecule has 0 amide bonds. The highest BCUT2D eigenvalue weighted by atomic mass is 16.5. The molecule has 3 N–H and O–H groups in total. The van der Waals surface area contributed by atoms with Crippen LogP contribution in [-0.2, 0) is 0 Å². The molecule has 2 aromatic rings. The zero-order valence-corrected chi connectivity index (χ0v) is 16.5. The van der Waals surface area contributed by atoms with Gasteiger partial charge in [-0.05, 0) is 74.7 Å². The summed E-state index contributed by atoms with van der Waals surface area (Å²) in [5.41, 5.74) is 6.25. The summed E-state index contributed by atoms with van der Waals surface area (Å²) < 4.78 is 5.90. The first-order chi connectivity index (χ1) is 14.3. The van der Waals surface area contributed by atoms with Crippen molar-refractivity contribution in [3.63, 3.8) is 0 Å². The smallest absolute Gasteiger partial charge is 0.145 e. The first kappa shape index (κ1) is 18.9. The van der Waals surface area contributed by atoms with E-state index in [9.17, 15) is 0 Å². The molecule has 0 unspecified atom stereocenters. The normalized spacial score (nSPS) is 16.3. The van der Waals surface area contributed by atoms with Crippen LogP contribution in [0.1, 0.15) is 18.4 Å². The molecule has 0 saturated carbocycles. The monoisotopic (exact) mass is 387 g/mol. The van der Waals surface area contributed by atoms with Gasteiger partial charge in [-0.15, -0.1) is 0 Å². The Balaban J connectivity index is 1.40. The second-order valence-corrected chi connectivity index (χ2v) is 7.09. The summed E-state index contributed by atoms with van der Waals surface area (Å²) in [7, 11) is 0. The van der Waals surface area contributed by atoms with E-state index in [1.165, 1.54) is 0 Å². The summed E-state index contributed by atoms with van der Waals surface area (Å²) in [5.74, 6) is 8.66. The molecule has 1 saturated heterocycles. The molecule has 0 spiro atoms. The highest BCUT2D eigenvalue weighted by Gasteiger charge is 2.10. The Bertz CT molecular complexity index is 952. The van der Waals surface area contributed by atoms with Gasteiger partial charge in [-0.1, -0.05) is 5.92 Å². The summed E-state index contributed by atoms with van der Waals surface area (Å²) >= 11 is 0. The topological polar surface area (TPSA) is 61.5 Å². The highest BCUT2D eigenvalue weighted by molar-refractivity contribution is 5.51. The van der Waals surface area contributed by atoms with Crippen LogP contribution in [0.5, 0.6) is 11.5 Å². The number of pyridine rings is 1. The van der Waals surface area contributed by atoms with Gasteiger partial charge in [-0.25, -0.2) is 0 Å². The lowest BCUT2D eigenvalue weighted by Gasteiger charge is -2.23. The van der Waals surface area contributed by atoms with Gasteiger partial charge in [0.15, 0.2) is 0 Å². The number of hydrogen-bond donors (Lipinski definition) is 3. The number of hydrazine groups is 1. The van der Waals surface area contributed by atoms with Crippen molar-refractivity contribution in [1.29, 1.82) is 0 Å². The average molecular weight is 387 g/mol. The van der Waals surface area contributed by atoms with Crippen LogP contribution in [0.2, 0.25) is 0 Å². The average Bonchev–Trinajstić information content (AvgIpc) is 2.76. The summed E-state index contributed by atoms with van der Waals surface area (Å²) in [5, 5.41) is 8.48. The molecule has 0 atom stereocenters. The third kappa shape index (κ3) is 5.31. The fourth-order valence-electron chi connectivity index (χ4n) is 3.23. The number of piperidine rings is 1. The van der Waals surface area contributed by atoms with Gasteiger partial charge in [0.25, 0.3) is 0 Å². The first-order valence-electron chi connectivity index (χ1n) is 9.87. The van der Waals surface area contributed by atoms with Crippen LogP contribution >= 0.6 is 0 Å². The maximum absolute atomic E-state index is 5.90. The van der Waals surface area contributed by atoms with Crippen molar-refractivity contribution in [3.05, 3.63) is 72.6 Å². The molecule has 0 aliphatic carbocycles. The largest absolute Gasteiger partial charge is 0.455 e. The van der Waals surface area contributed by atoms with Crippen molar-refractivity contribution < 1.29 is 4.74 Å². The van der Waals surface area contributed by atoms with Gasteiger partial charge >= 0.3 is 0 Å². The van der Waals surface area contributed by atoms with Gasteiger partial charge in [0.05, 0.1) is 18.1 Å². The third-order valence-corrected chi connectivity index (χ3v) is 4.79. The molecule has 3 heterocycles. The number of ether oxygens (including phenoxy) is 1. The molecule has 6 heteroatoms. The van der Waals surface area contributed by atoms with Gasteiger partial charge in [0.2, 0.25) is 0 Å². The van der Waals surface area contributed by atoms with Crippen LogP contribution in [0, 0.1) is 24.7 Å². The van der Waals surface area contributed by atoms with Crippen molar-refractivity contribution >= 4 is 5.69 Å². The number of nitrogens with one attached hydrogen (secondary N) is 3. The lowest BCUT2D eigenvalue weighted by atomic mass is 9.99. The fraction of sp³-hybridized carbons (Fsp3) is 0.261. The van der Waals surface area contributed by atoms with E-state index in [1.807, 2.05) is 54.8 Å². The minimum absolute atomic E-state index is 0.473. The second kappa shape index (κ2) is 9.18. The molecule has 1 aromatic heterocycles. The number of benzene rings is 1. The standard InChI is InChI=1S/C23H25N5O/c1-18-15-20(6-7-23(18)29-22-3-2-10-25-16-22)27-28-14-13-26-21(17-28)5-4-19-8-11-24-12-9-19/h2-3,6-7,10,13-17,19,24,26-27H,8-9,11-12H2,1H3. The first-order valence-corrected chi connectivity index (χ1v) is 9.87. The van der Waals surface area contributed by atoms with Crippen LogP contribution in [0.25, 0.3) is 0 Å². The van der Waals surface area contributed by atoms with E-state index in [1.54, 1.807) is 12.4 Å². The van der Waals surface area contributed by atoms with E-state index in [0.29, 0.717) is 5.92 Å². The van der Waals surface area contributed by atoms with Gasteiger partial charge in [-0.2, -0.15) is 0 Å². The van der Waals surface area contributed by atoms with Gasteiger partial charge in [0, 0.05) is 24.5 Å². The van der Waals surface area contributed by atoms with Crippen molar-refractivity contribution in [1.82, 2.24) is 20.6 Å². The van der Waals surface area contributed by atoms with Crippen LogP contribution in [0.4, 0.5) is 5.69 Å². The lowest BCUT2D eigenvalue weighted by molar-refractivity contribution is 0.447. The van der Waals surface area contributed by atoms with E-state index in [2.05, 4.69) is 39.0 Å². The molecule has 4 rings (SSSR count). The summed E-state index contributed by atoms with van der Waals surface area (Å²) in [4.78, 5) is 4.08. The van der Waals surface area contributed by atoms with Gasteiger partial charge in [-0.3, -0.25) is 15.4 Å². The molecule has 2 aliphatic heterocycles. The van der Waals surface area contributed by atoms with Crippen molar-refractivity contribution in [2.75, 3.05) is 18.5 Å². The molecule has 0 radical (unpaired) electrons. The lowest BCUT2D eigenvalue weighted by Crippen LogP contribution is -2.27. The van der Waals surface area contributed by atoms with E-state index < -0.39 is 0 Å². The fourth-order valence-corrected chi connectivity index (χ4v) is 3.23. The SMILES string of the molecule is Cc1cc(NN2C=CNC(C#CC3CCNCC3)=C2)ccc1Oc1cccnc1. The molecule has 0 bridgehead atoms. The van der Waals surface area contributed by atoms with Crippen LogP contribution < -0.4 is 20.8 Å². The predicted molar refractivity (Wildman–Crippen MR) is 115 cm³/mol. The number of rotatable bonds is 4. The maximum atomic E-state index is 5.90. The third-order valence-electron chi connectivity index (χ3n) is 4.79. The summed E-state index contributed by atoms with van der Waals surface area (Å²) in [6, 6.07) is 9.74. The Morgan fingerprint density at radius 2 is 2.14 bits per heavy atom. The Labute approximate surface area is 171 Å². The zero-order chi connectivity index (χ0) is 19.9. The Morgan fingerprint density at radius 3 is 2.93 bits per heavy atom. The minimum atomic E-state index is 0.473. The number of nitrogens with zero attached hydrogens (tertiary/aromatic N) is 2. The molecule has 1 fully saturated rings. The minimum Gasteiger partial charge on any atom is -0.455 e.